The van der Waals surface area contributed by atoms with Crippen molar-refractivity contribution in [1.82, 2.24) is 4.98 Å². The van der Waals surface area contributed by atoms with Crippen molar-refractivity contribution in [1.29, 1.82) is 5.26 Å². The smallest absolute Gasteiger partial charge is 0.146 e. The fraction of sp³-hybridized carbons (Fsp3) is 0.538. The highest BCUT2D eigenvalue weighted by Gasteiger charge is 2.34. The summed E-state index contributed by atoms with van der Waals surface area (Å²) >= 11 is 0. The van der Waals surface area contributed by atoms with Crippen molar-refractivity contribution < 1.29 is 0 Å². The third kappa shape index (κ3) is 2.25. The summed E-state index contributed by atoms with van der Waals surface area (Å²) in [6.07, 6.45) is 4.22. The number of pyridine rings is 1. The Morgan fingerprint density at radius 3 is 2.88 bits per heavy atom. The highest BCUT2D eigenvalue weighted by Crippen LogP contribution is 2.36. The van der Waals surface area contributed by atoms with Gasteiger partial charge in [0.25, 0.3) is 0 Å². The van der Waals surface area contributed by atoms with Gasteiger partial charge in [-0.15, -0.1) is 0 Å². The summed E-state index contributed by atoms with van der Waals surface area (Å²) < 4.78 is 0. The van der Waals surface area contributed by atoms with Gasteiger partial charge in [0.05, 0.1) is 5.56 Å². The lowest BCUT2D eigenvalue weighted by atomic mass is 10.1. The molecule has 0 radical (unpaired) electrons. The molecule has 0 spiro atoms. The second-order valence-electron chi connectivity index (χ2n) is 4.69. The highest BCUT2D eigenvalue weighted by atomic mass is 15.2. The largest absolute Gasteiger partial charge is 0.354 e. The van der Waals surface area contributed by atoms with Crippen molar-refractivity contribution >= 4 is 5.82 Å². The van der Waals surface area contributed by atoms with Gasteiger partial charge in [0.2, 0.25) is 0 Å². The molecule has 1 saturated carbocycles. The number of likely N-dealkylation sites (N-methyl/N-ethyl adjacent to an activating group) is 1. The van der Waals surface area contributed by atoms with E-state index in [0.29, 0.717) is 24.1 Å². The molecule has 1 fully saturated rings. The Hall–Kier alpha value is -1.60. The van der Waals surface area contributed by atoms with E-state index < -0.39 is 0 Å². The maximum absolute atomic E-state index is 9.21. The molecule has 2 N–H and O–H groups in total. The minimum atomic E-state index is 0.302. The average molecular weight is 230 g/mol. The molecule has 1 aliphatic carbocycles. The van der Waals surface area contributed by atoms with Crippen molar-refractivity contribution in [3.63, 3.8) is 0 Å². The van der Waals surface area contributed by atoms with Crippen molar-refractivity contribution in [2.45, 2.75) is 25.8 Å². The van der Waals surface area contributed by atoms with Gasteiger partial charge in [-0.05, 0) is 37.3 Å². The summed E-state index contributed by atoms with van der Waals surface area (Å²) in [6.45, 7) is 2.55. The molecule has 0 amide bonds. The van der Waals surface area contributed by atoms with Crippen LogP contribution in [0, 0.1) is 24.2 Å². The fourth-order valence-corrected chi connectivity index (χ4v) is 2.25. The van der Waals surface area contributed by atoms with E-state index in [0.717, 1.165) is 11.4 Å². The number of nitrogens with two attached hydrogens (primary N) is 1. The molecular formula is C13H18N4. The lowest BCUT2D eigenvalue weighted by Crippen LogP contribution is -2.40. The van der Waals surface area contributed by atoms with Crippen LogP contribution in [0.4, 0.5) is 5.82 Å². The minimum Gasteiger partial charge on any atom is -0.354 e. The van der Waals surface area contributed by atoms with Crippen molar-refractivity contribution in [3.8, 4) is 6.07 Å². The van der Waals surface area contributed by atoms with E-state index in [2.05, 4.69) is 16.0 Å². The zero-order valence-corrected chi connectivity index (χ0v) is 10.3. The normalized spacial score (nSPS) is 16.4. The first-order chi connectivity index (χ1) is 8.19. The summed E-state index contributed by atoms with van der Waals surface area (Å²) in [5.74, 6) is 1.42. The molecule has 1 atom stereocenters. The van der Waals surface area contributed by atoms with E-state index in [1.807, 2.05) is 20.0 Å². The van der Waals surface area contributed by atoms with Crippen LogP contribution >= 0.6 is 0 Å². The zero-order valence-electron chi connectivity index (χ0n) is 10.3. The monoisotopic (exact) mass is 230 g/mol. The van der Waals surface area contributed by atoms with Crippen LogP contribution in [0.25, 0.3) is 0 Å². The molecule has 2 rings (SSSR count). The summed E-state index contributed by atoms with van der Waals surface area (Å²) in [5, 5.41) is 9.21. The van der Waals surface area contributed by atoms with Crippen LogP contribution in [0.5, 0.6) is 0 Å². The van der Waals surface area contributed by atoms with Crippen molar-refractivity contribution in [3.05, 3.63) is 23.4 Å². The summed E-state index contributed by atoms with van der Waals surface area (Å²) in [6, 6.07) is 4.41. The number of aromatic nitrogens is 1. The molecule has 0 bridgehead atoms. The molecule has 4 heteroatoms. The van der Waals surface area contributed by atoms with Gasteiger partial charge in [-0.1, -0.05) is 0 Å². The molecule has 1 aliphatic rings. The number of hydrogen-bond donors (Lipinski definition) is 1. The first kappa shape index (κ1) is 11.9. The summed E-state index contributed by atoms with van der Waals surface area (Å²) in [4.78, 5) is 6.41. The van der Waals surface area contributed by atoms with E-state index in [1.54, 1.807) is 6.20 Å². The molecule has 0 aromatic carbocycles. The summed E-state index contributed by atoms with van der Waals surface area (Å²) in [5.41, 5.74) is 7.46. The average Bonchev–Trinajstić information content (AvgIpc) is 3.14. The van der Waals surface area contributed by atoms with Crippen LogP contribution in [0.1, 0.15) is 24.0 Å². The number of nitrogens with zero attached hydrogens (tertiary/aromatic N) is 3. The molecule has 0 aliphatic heterocycles. The first-order valence-corrected chi connectivity index (χ1v) is 5.97. The molecule has 1 aromatic rings. The molecule has 4 nitrogen and oxygen atoms in total. The highest BCUT2D eigenvalue weighted by molar-refractivity contribution is 5.57. The standard InChI is InChI=1S/C13H18N4/c1-9-5-6-16-13(11(9)7-14)17(2)12(8-15)10-3-4-10/h5-6,10,12H,3-4,8,15H2,1-2H3. The zero-order chi connectivity index (χ0) is 12.4. The van der Waals surface area contributed by atoms with Gasteiger partial charge >= 0.3 is 0 Å². The summed E-state index contributed by atoms with van der Waals surface area (Å²) in [7, 11) is 1.98. The van der Waals surface area contributed by atoms with Crippen LogP contribution in [0.3, 0.4) is 0 Å². The quantitative estimate of drug-likeness (QED) is 0.850. The molecule has 1 unspecified atom stereocenters. The van der Waals surface area contributed by atoms with Crippen LogP contribution in [-0.4, -0.2) is 24.6 Å². The van der Waals surface area contributed by atoms with E-state index >= 15 is 0 Å². The second-order valence-corrected chi connectivity index (χ2v) is 4.69. The fourth-order valence-electron chi connectivity index (χ4n) is 2.25. The lowest BCUT2D eigenvalue weighted by molar-refractivity contribution is 0.566. The van der Waals surface area contributed by atoms with Crippen molar-refractivity contribution in [2.24, 2.45) is 11.7 Å². The van der Waals surface area contributed by atoms with Crippen LogP contribution < -0.4 is 10.6 Å². The number of nitriles is 1. The Bertz CT molecular complexity index is 445. The van der Waals surface area contributed by atoms with E-state index in [9.17, 15) is 5.26 Å². The van der Waals surface area contributed by atoms with Crippen LogP contribution in [-0.2, 0) is 0 Å². The minimum absolute atomic E-state index is 0.302. The van der Waals surface area contributed by atoms with Gasteiger partial charge < -0.3 is 10.6 Å². The van der Waals surface area contributed by atoms with E-state index in [-0.39, 0.29) is 0 Å². The maximum atomic E-state index is 9.21. The third-order valence-corrected chi connectivity index (χ3v) is 3.49. The number of rotatable bonds is 4. The van der Waals surface area contributed by atoms with E-state index in [4.69, 9.17) is 5.73 Å². The molecule has 0 saturated heterocycles. The van der Waals surface area contributed by atoms with Gasteiger partial charge in [-0.2, -0.15) is 5.26 Å². The predicted octanol–water partition coefficient (Wildman–Crippen LogP) is 1.44. The van der Waals surface area contributed by atoms with Gasteiger partial charge in [0, 0.05) is 25.8 Å². The van der Waals surface area contributed by atoms with Crippen LogP contribution in [0.2, 0.25) is 0 Å². The number of aryl methyl sites for hydroxylation is 1. The molecular weight excluding hydrogens is 212 g/mol. The molecule has 1 aromatic heterocycles. The first-order valence-electron chi connectivity index (χ1n) is 5.97. The Morgan fingerprint density at radius 2 is 2.35 bits per heavy atom. The van der Waals surface area contributed by atoms with Gasteiger partial charge in [-0.3, -0.25) is 0 Å². The topological polar surface area (TPSA) is 65.9 Å². The third-order valence-electron chi connectivity index (χ3n) is 3.49. The Kier molecular flexibility index (Phi) is 3.30. The number of hydrogen-bond acceptors (Lipinski definition) is 4. The van der Waals surface area contributed by atoms with Gasteiger partial charge in [0.1, 0.15) is 11.9 Å². The Labute approximate surface area is 102 Å². The molecule has 1 heterocycles. The second kappa shape index (κ2) is 4.72. The Balaban J connectivity index is 2.32. The van der Waals surface area contributed by atoms with Gasteiger partial charge in [0.15, 0.2) is 0 Å². The molecule has 17 heavy (non-hydrogen) atoms. The Morgan fingerprint density at radius 1 is 1.65 bits per heavy atom. The van der Waals surface area contributed by atoms with Gasteiger partial charge in [-0.25, -0.2) is 4.98 Å². The van der Waals surface area contributed by atoms with E-state index in [1.165, 1.54) is 12.8 Å². The lowest BCUT2D eigenvalue weighted by Gasteiger charge is -2.29. The van der Waals surface area contributed by atoms with Crippen molar-refractivity contribution in [2.75, 3.05) is 18.5 Å². The van der Waals surface area contributed by atoms with Crippen LogP contribution in [0.15, 0.2) is 12.3 Å². The SMILES string of the molecule is Cc1ccnc(N(C)C(CN)C2CC2)c1C#N. The molecule has 90 valence electrons. The number of anilines is 1. The maximum Gasteiger partial charge on any atom is 0.146 e. The predicted molar refractivity (Wildman–Crippen MR) is 67.7 cm³/mol.